The maximum Gasteiger partial charge on any atom is 0.494 e. The van der Waals surface area contributed by atoms with Gasteiger partial charge in [0.1, 0.15) is 58.5 Å². The van der Waals surface area contributed by atoms with E-state index in [0.29, 0.717) is 65.7 Å². The second-order valence-electron chi connectivity index (χ2n) is 36.6. The van der Waals surface area contributed by atoms with Crippen LogP contribution in [0.4, 0.5) is 39.4 Å². The summed E-state index contributed by atoms with van der Waals surface area (Å²) >= 11 is 15.6. The molecule has 3 amide bonds. The molecule has 40 heteroatoms. The molecule has 0 atom stereocenters. The minimum atomic E-state index is -1.35. The molecule has 5 fully saturated rings. The summed E-state index contributed by atoms with van der Waals surface area (Å²) in [6, 6.07) is 31.8. The van der Waals surface area contributed by atoms with Crippen LogP contribution in [0.15, 0.2) is 158 Å². The van der Waals surface area contributed by atoms with Crippen LogP contribution in [-0.4, -0.2) is 193 Å². The van der Waals surface area contributed by atoms with E-state index >= 15 is 0 Å². The van der Waals surface area contributed by atoms with Crippen molar-refractivity contribution in [3.05, 3.63) is 197 Å². The van der Waals surface area contributed by atoms with Gasteiger partial charge in [0.15, 0.2) is 23.3 Å². The molecule has 0 bridgehead atoms. The van der Waals surface area contributed by atoms with E-state index in [0.717, 1.165) is 182 Å². The lowest BCUT2D eigenvalue weighted by molar-refractivity contribution is -0.136. The minimum absolute atomic E-state index is 0.0216. The number of piperidine rings is 4. The van der Waals surface area contributed by atoms with E-state index < -0.39 is 28.4 Å². The lowest BCUT2D eigenvalue weighted by Gasteiger charge is -2.33. The average molecular weight is 2040 g/mol. The molecule has 0 spiro atoms. The average Bonchev–Trinajstić information content (AvgIpc) is 1.62. The molecule has 0 radical (unpaired) electrons. The van der Waals surface area contributed by atoms with E-state index in [2.05, 4.69) is 112 Å². The third-order valence-corrected chi connectivity index (χ3v) is 26.4. The van der Waals surface area contributed by atoms with Gasteiger partial charge in [0.25, 0.3) is 5.56 Å². The summed E-state index contributed by atoms with van der Waals surface area (Å²) in [6.45, 7) is 35.2. The van der Waals surface area contributed by atoms with Crippen molar-refractivity contribution in [2.24, 2.45) is 17.8 Å². The zero-order chi connectivity index (χ0) is 97.0. The first kappa shape index (κ1) is 102. The van der Waals surface area contributed by atoms with Gasteiger partial charge in [-0.3, -0.25) is 23.7 Å². The number of anilines is 6. The Balaban J connectivity index is 0.000000153. The SMILES string of the molecule is CC(C)(C)OC(=O)N1CCC(c2cc(Br)c3c(N)ncnn23)CC1.CC(C)C(=O)Cl.CC(C)C(=O)N1CCC(c2cc(-c3ccc(N)cc3)c3c(N)ncnn23)CC1.CC(C)C(=O)N1CCC(c2cc(Br)c3c(N)ncnn23)CC1.CC(C)n1cc(C(=O)O)c(=O)n(-c2ccccc2)c1=O.CC1(C)OB(c2ccc(N)cc2)OC1(C)C.Nc1ncnn2c(C3CCNCC3)cc(Br)c12. The molecular formula is C93H121BBr3ClN24O11. The highest BCUT2D eigenvalue weighted by Crippen LogP contribution is 2.41. The van der Waals surface area contributed by atoms with E-state index in [9.17, 15) is 33.6 Å². The van der Waals surface area contributed by atoms with Gasteiger partial charge in [-0.05, 0) is 258 Å². The van der Waals surface area contributed by atoms with Crippen LogP contribution in [0.1, 0.15) is 218 Å². The summed E-state index contributed by atoms with van der Waals surface area (Å²) in [7, 11) is -0.300. The van der Waals surface area contributed by atoms with Crippen LogP contribution in [0, 0.1) is 17.8 Å². The number of fused-ring (bicyclic) bond motifs is 4. The van der Waals surface area contributed by atoms with Gasteiger partial charge in [0, 0.05) is 146 Å². The lowest BCUT2D eigenvalue weighted by atomic mass is 9.79. The van der Waals surface area contributed by atoms with Crippen molar-refractivity contribution >= 4 is 158 Å². The van der Waals surface area contributed by atoms with Crippen LogP contribution in [0.25, 0.3) is 38.9 Å². The number of carbonyl (C=O) groups is 5. The summed E-state index contributed by atoms with van der Waals surface area (Å²) in [5, 5.41) is 29.7. The topological polar surface area (TPSA) is 476 Å². The van der Waals surface area contributed by atoms with Crippen LogP contribution in [0.5, 0.6) is 0 Å². The molecule has 3 aromatic carbocycles. The van der Waals surface area contributed by atoms with Crippen molar-refractivity contribution in [1.82, 2.24) is 87.5 Å². The molecule has 0 unspecified atom stereocenters. The maximum absolute atomic E-state index is 12.3. The molecule has 14 N–H and O–H groups in total. The highest BCUT2D eigenvalue weighted by atomic mass is 79.9. The fourth-order valence-corrected chi connectivity index (χ4v) is 17.9. The fraction of sp³-hybridized carbons (Fsp3) is 0.452. The van der Waals surface area contributed by atoms with E-state index in [1.54, 1.807) is 62.9 Å². The second-order valence-corrected chi connectivity index (χ2v) is 39.5. The number of nitrogen functional groups attached to an aromatic ring is 6. The number of likely N-dealkylation sites (tertiary alicyclic amines) is 3. The highest BCUT2D eigenvalue weighted by molar-refractivity contribution is 9.11. The Bertz CT molecular complexity index is 6190. The Hall–Kier alpha value is -11.4. The Kier molecular flexibility index (Phi) is 34.0. The van der Waals surface area contributed by atoms with E-state index in [1.807, 2.05) is 159 Å². The largest absolute Gasteiger partial charge is 0.494 e. The lowest BCUT2D eigenvalue weighted by Crippen LogP contribution is -2.41. The molecule has 133 heavy (non-hydrogen) atoms. The first-order valence-corrected chi connectivity index (χ1v) is 47.3. The van der Waals surface area contributed by atoms with Crippen LogP contribution < -0.4 is 56.4 Å². The normalized spacial score (nSPS) is 16.0. The van der Waals surface area contributed by atoms with Crippen LogP contribution in [0.2, 0.25) is 0 Å². The molecule has 12 aromatic rings. The number of para-hydroxylation sites is 1. The second kappa shape index (κ2) is 44.2. The number of benzene rings is 3. The number of carbonyl (C=O) groups excluding carboxylic acids is 4. The first-order valence-electron chi connectivity index (χ1n) is 44.5. The van der Waals surface area contributed by atoms with E-state index in [1.165, 1.54) is 35.6 Å². The number of carboxylic acids is 1. The van der Waals surface area contributed by atoms with Crippen molar-refractivity contribution in [2.75, 3.05) is 86.8 Å². The van der Waals surface area contributed by atoms with Gasteiger partial charge in [0.05, 0.1) is 16.9 Å². The van der Waals surface area contributed by atoms with Crippen molar-refractivity contribution in [1.29, 1.82) is 0 Å². The minimum Gasteiger partial charge on any atom is -0.477 e. The third-order valence-electron chi connectivity index (χ3n) is 24.1. The summed E-state index contributed by atoms with van der Waals surface area (Å²) < 4.78 is 29.8. The number of hydrogen-bond acceptors (Lipinski definition) is 25. The number of nitrogens with zero attached hydrogens (tertiary/aromatic N) is 17. The smallest absolute Gasteiger partial charge is 0.477 e. The number of halogens is 4. The Morgan fingerprint density at radius 3 is 1.23 bits per heavy atom. The molecule has 5 aliphatic heterocycles. The number of hydrogen-bond donors (Lipinski definition) is 8. The number of aromatic carboxylic acids is 1. The molecule has 5 aliphatic rings. The molecule has 710 valence electrons. The van der Waals surface area contributed by atoms with Gasteiger partial charge in [-0.25, -0.2) is 56.9 Å². The summed E-state index contributed by atoms with van der Waals surface area (Å²) in [4.78, 5) is 104. The van der Waals surface area contributed by atoms with Crippen molar-refractivity contribution in [3.63, 3.8) is 0 Å². The zero-order valence-electron chi connectivity index (χ0n) is 77.8. The summed E-state index contributed by atoms with van der Waals surface area (Å²) in [6.07, 6.45) is 14.5. The Morgan fingerprint density at radius 1 is 0.511 bits per heavy atom. The summed E-state index contributed by atoms with van der Waals surface area (Å²) in [5.41, 5.74) is 45.4. The van der Waals surface area contributed by atoms with Gasteiger partial charge in [-0.1, -0.05) is 84.0 Å². The molecule has 17 rings (SSSR count). The van der Waals surface area contributed by atoms with Crippen molar-refractivity contribution in [2.45, 2.75) is 202 Å². The quantitative estimate of drug-likeness (QED) is 0.0320. The van der Waals surface area contributed by atoms with Gasteiger partial charge in [-0.15, -0.1) is 0 Å². The maximum atomic E-state index is 12.3. The fourth-order valence-electron chi connectivity index (χ4n) is 16.1. The third kappa shape index (κ3) is 24.6. The highest BCUT2D eigenvalue weighted by Gasteiger charge is 2.52. The number of aromatic nitrogens is 14. The van der Waals surface area contributed by atoms with Gasteiger partial charge in [0.2, 0.25) is 17.1 Å². The first-order chi connectivity index (χ1) is 62.9. The molecule has 5 saturated heterocycles. The van der Waals surface area contributed by atoms with Crippen molar-refractivity contribution in [3.8, 4) is 16.8 Å². The predicted molar refractivity (Wildman–Crippen MR) is 530 cm³/mol. The molecule has 9 aromatic heterocycles. The summed E-state index contributed by atoms with van der Waals surface area (Å²) in [5.74, 6) is 2.66. The van der Waals surface area contributed by atoms with Gasteiger partial charge >= 0.3 is 24.9 Å². The van der Waals surface area contributed by atoms with E-state index in [4.69, 9.17) is 65.2 Å². The number of ether oxygens (including phenoxy) is 1. The van der Waals surface area contributed by atoms with Crippen molar-refractivity contribution < 1.29 is 43.1 Å². The monoisotopic (exact) mass is 2030 g/mol. The standard InChI is InChI=1S/C21H26N6O.C16H22BrN5O2.C15H20BrN5O.C14H14N2O4.C12H18BNO2.C11H14BrN5.C4H7ClO/c1-13(2)21(28)26-9-7-15(8-10-26)18-11-17(14-3-5-16(22)6-4-14)19-20(23)24-12-25-27(18)19;1-16(2,3)24-15(23)21-6-4-10(5-7-21)12-8-11(17)13-14(18)19-9-20-22(12)13;1-9(2)15(22)20-5-3-10(4-6-20)12-7-11(16)13-14(17)18-8-19-21(12)13;1-9(2)15-8-11(13(18)19)12(17)16(14(15)20)10-6-4-3-5-7-10;1-11(2)12(3,4)16-13(15-11)9-5-7-10(14)8-6-9;12-8-5-9(7-1-3-14-4-2-7)17-10(8)11(13)15-6-16-17;1-3(2)4(5)6/h3-6,11-13,15H,7-10,22H2,1-2H3,(H2,23,24,25);8-10H,4-7H2,1-3H3,(H2,18,19,20);7-10H,3-6H2,1-2H3,(H2,17,18,19);3-9H,1-2H3,(H,18,19);5-8H,14H2,1-4H3;5-7,14H,1-4H2,(H2,13,15,16);3H,1-2H3. The molecule has 0 saturated carbocycles. The number of nitrogens with one attached hydrogen (secondary N) is 1. The van der Waals surface area contributed by atoms with E-state index in [-0.39, 0.29) is 65.3 Å². The Morgan fingerprint density at radius 2 is 0.865 bits per heavy atom. The van der Waals surface area contributed by atoms with Crippen LogP contribution in [-0.2, 0) is 28.4 Å². The predicted octanol–water partition coefficient (Wildman–Crippen LogP) is 14.3. The molecular weight excluding hydrogens is 1920 g/mol. The Labute approximate surface area is 803 Å². The molecule has 14 heterocycles. The van der Waals surface area contributed by atoms with Gasteiger partial charge in [-0.2, -0.15) is 20.4 Å². The molecule has 35 nitrogen and oxygen atoms in total. The van der Waals surface area contributed by atoms with Gasteiger partial charge < -0.3 is 73.6 Å². The van der Waals surface area contributed by atoms with Crippen LogP contribution >= 0.6 is 59.4 Å². The molecule has 0 aliphatic carbocycles. The number of amides is 3. The number of rotatable bonds is 12. The zero-order valence-corrected chi connectivity index (χ0v) is 83.3. The number of carboxylic acid groups (broad SMARTS) is 1. The van der Waals surface area contributed by atoms with Crippen LogP contribution in [0.3, 0.4) is 0 Å². The number of nitrogens with two attached hydrogens (primary N) is 6.